The van der Waals surface area contributed by atoms with Gasteiger partial charge in [0.15, 0.2) is 0 Å². The van der Waals surface area contributed by atoms with Crippen LogP contribution in [0.2, 0.25) is 0 Å². The maximum absolute atomic E-state index is 12.1. The molecule has 0 fully saturated rings. The number of nitrogen functional groups attached to an aromatic ring is 1. The molecule has 0 atom stereocenters. The minimum absolute atomic E-state index is 0.0610. The summed E-state index contributed by atoms with van der Waals surface area (Å²) in [4.78, 5) is 13.4. The number of rotatable bonds is 6. The summed E-state index contributed by atoms with van der Waals surface area (Å²) in [5, 5.41) is 0. The van der Waals surface area contributed by atoms with Gasteiger partial charge in [-0.15, -0.1) is 0 Å². The lowest BCUT2D eigenvalue weighted by molar-refractivity contribution is -0.129. The lowest BCUT2D eigenvalue weighted by Crippen LogP contribution is -2.39. The van der Waals surface area contributed by atoms with E-state index in [1.807, 2.05) is 13.8 Å². The third kappa shape index (κ3) is 4.19. The van der Waals surface area contributed by atoms with Crippen molar-refractivity contribution in [2.24, 2.45) is 0 Å². The van der Waals surface area contributed by atoms with Crippen molar-refractivity contribution >= 4 is 37.5 Å². The highest BCUT2D eigenvalue weighted by Crippen LogP contribution is 2.22. The molecule has 0 spiro atoms. The molecule has 1 aromatic rings. The van der Waals surface area contributed by atoms with Crippen molar-refractivity contribution in [1.82, 2.24) is 9.62 Å². The predicted octanol–water partition coefficient (Wildman–Crippen LogP) is 1.18. The standard InChI is InChI=1S/C12H18BrN3O3S/c1-3-16(4-2)12(17)8-15-20(18,19)9-5-6-11(14)10(13)7-9/h5-7,15H,3-4,8,14H2,1-2H3. The Balaban J connectivity index is 2.80. The molecular weight excluding hydrogens is 346 g/mol. The Morgan fingerprint density at radius 1 is 1.35 bits per heavy atom. The monoisotopic (exact) mass is 363 g/mol. The van der Waals surface area contributed by atoms with E-state index in [-0.39, 0.29) is 17.3 Å². The number of hydrogen-bond acceptors (Lipinski definition) is 4. The van der Waals surface area contributed by atoms with E-state index in [1.165, 1.54) is 18.2 Å². The first-order valence-corrected chi connectivity index (χ1v) is 8.41. The van der Waals surface area contributed by atoms with E-state index in [2.05, 4.69) is 20.7 Å². The SMILES string of the molecule is CCN(CC)C(=O)CNS(=O)(=O)c1ccc(N)c(Br)c1. The van der Waals surface area contributed by atoms with Crippen LogP contribution in [0.15, 0.2) is 27.6 Å². The van der Waals surface area contributed by atoms with Gasteiger partial charge in [-0.3, -0.25) is 4.79 Å². The van der Waals surface area contributed by atoms with E-state index in [0.717, 1.165) is 0 Å². The highest BCUT2D eigenvalue weighted by atomic mass is 79.9. The summed E-state index contributed by atoms with van der Waals surface area (Å²) in [6.45, 7) is 4.51. The zero-order chi connectivity index (χ0) is 15.3. The number of nitrogens with two attached hydrogens (primary N) is 1. The topological polar surface area (TPSA) is 92.5 Å². The van der Waals surface area contributed by atoms with Gasteiger partial charge in [-0.25, -0.2) is 13.1 Å². The average molecular weight is 364 g/mol. The molecule has 0 radical (unpaired) electrons. The Bertz CT molecular complexity index is 586. The normalized spacial score (nSPS) is 11.3. The molecule has 1 aromatic carbocycles. The van der Waals surface area contributed by atoms with Crippen molar-refractivity contribution in [2.45, 2.75) is 18.7 Å². The largest absolute Gasteiger partial charge is 0.398 e. The molecule has 0 aliphatic rings. The molecule has 0 unspecified atom stereocenters. The number of carbonyl (C=O) groups excluding carboxylic acids is 1. The van der Waals surface area contributed by atoms with Gasteiger partial charge in [0.2, 0.25) is 15.9 Å². The second-order valence-corrected chi connectivity index (χ2v) is 6.70. The third-order valence-electron chi connectivity index (χ3n) is 2.81. The summed E-state index contributed by atoms with van der Waals surface area (Å²) in [6.07, 6.45) is 0. The quantitative estimate of drug-likeness (QED) is 0.742. The van der Waals surface area contributed by atoms with Crippen molar-refractivity contribution in [3.63, 3.8) is 0 Å². The molecule has 20 heavy (non-hydrogen) atoms. The molecule has 0 aromatic heterocycles. The number of anilines is 1. The van der Waals surface area contributed by atoms with Crippen LogP contribution >= 0.6 is 15.9 Å². The molecule has 0 aliphatic carbocycles. The maximum atomic E-state index is 12.1. The molecule has 0 saturated carbocycles. The van der Waals surface area contributed by atoms with E-state index in [4.69, 9.17) is 5.73 Å². The fourth-order valence-electron chi connectivity index (χ4n) is 1.60. The smallest absolute Gasteiger partial charge is 0.241 e. The van der Waals surface area contributed by atoms with Gasteiger partial charge < -0.3 is 10.6 Å². The van der Waals surface area contributed by atoms with Crippen LogP contribution in [0.3, 0.4) is 0 Å². The van der Waals surface area contributed by atoms with Crippen LogP contribution in [0.25, 0.3) is 0 Å². The summed E-state index contributed by atoms with van der Waals surface area (Å²) in [5.74, 6) is -0.256. The van der Waals surface area contributed by atoms with Gasteiger partial charge in [0, 0.05) is 23.2 Å². The molecule has 0 saturated heterocycles. The molecule has 1 amide bonds. The third-order valence-corrected chi connectivity index (χ3v) is 4.90. The summed E-state index contributed by atoms with van der Waals surface area (Å²) in [6, 6.07) is 4.29. The molecule has 3 N–H and O–H groups in total. The van der Waals surface area contributed by atoms with Crippen LogP contribution in [0.1, 0.15) is 13.8 Å². The van der Waals surface area contributed by atoms with Crippen LogP contribution in [-0.4, -0.2) is 38.9 Å². The van der Waals surface area contributed by atoms with Gasteiger partial charge >= 0.3 is 0 Å². The lowest BCUT2D eigenvalue weighted by atomic mass is 10.3. The number of carbonyl (C=O) groups is 1. The Hall–Kier alpha value is -1.12. The fraction of sp³-hybridized carbons (Fsp3) is 0.417. The van der Waals surface area contributed by atoms with Gasteiger partial charge in [0.25, 0.3) is 0 Å². The predicted molar refractivity (Wildman–Crippen MR) is 81.7 cm³/mol. The highest BCUT2D eigenvalue weighted by molar-refractivity contribution is 9.10. The van der Waals surface area contributed by atoms with E-state index in [0.29, 0.717) is 23.2 Å². The number of benzene rings is 1. The second kappa shape index (κ2) is 7.05. The van der Waals surface area contributed by atoms with Crippen LogP contribution in [0.4, 0.5) is 5.69 Å². The van der Waals surface area contributed by atoms with Gasteiger partial charge in [-0.05, 0) is 48.0 Å². The Morgan fingerprint density at radius 3 is 2.45 bits per heavy atom. The number of hydrogen-bond donors (Lipinski definition) is 2. The molecule has 112 valence electrons. The van der Waals surface area contributed by atoms with Crippen LogP contribution in [0.5, 0.6) is 0 Å². The van der Waals surface area contributed by atoms with Gasteiger partial charge in [0.1, 0.15) is 0 Å². The summed E-state index contributed by atoms with van der Waals surface area (Å²) >= 11 is 3.17. The Morgan fingerprint density at radius 2 is 1.95 bits per heavy atom. The minimum atomic E-state index is -3.73. The number of likely N-dealkylation sites (N-methyl/N-ethyl adjacent to an activating group) is 1. The average Bonchev–Trinajstić information content (AvgIpc) is 2.41. The maximum Gasteiger partial charge on any atom is 0.241 e. The molecule has 6 nitrogen and oxygen atoms in total. The van der Waals surface area contributed by atoms with Crippen LogP contribution < -0.4 is 10.5 Å². The number of sulfonamides is 1. The van der Waals surface area contributed by atoms with Crippen LogP contribution in [0, 0.1) is 0 Å². The number of nitrogens with one attached hydrogen (secondary N) is 1. The summed E-state index contributed by atoms with van der Waals surface area (Å²) in [7, 11) is -3.73. The number of nitrogens with zero attached hydrogens (tertiary/aromatic N) is 1. The van der Waals surface area contributed by atoms with E-state index in [9.17, 15) is 13.2 Å². The second-order valence-electron chi connectivity index (χ2n) is 4.07. The Kier molecular flexibility index (Phi) is 5.97. The van der Waals surface area contributed by atoms with Gasteiger partial charge in [-0.1, -0.05) is 0 Å². The summed E-state index contributed by atoms with van der Waals surface area (Å²) in [5.41, 5.74) is 6.05. The molecule has 0 heterocycles. The number of amides is 1. The molecular formula is C12H18BrN3O3S. The van der Waals surface area contributed by atoms with Gasteiger partial charge in [-0.2, -0.15) is 0 Å². The molecule has 0 bridgehead atoms. The molecule has 8 heteroatoms. The van der Waals surface area contributed by atoms with Crippen molar-refractivity contribution in [3.05, 3.63) is 22.7 Å². The molecule has 0 aliphatic heterocycles. The van der Waals surface area contributed by atoms with E-state index >= 15 is 0 Å². The lowest BCUT2D eigenvalue weighted by Gasteiger charge is -2.18. The van der Waals surface area contributed by atoms with E-state index in [1.54, 1.807) is 4.90 Å². The van der Waals surface area contributed by atoms with E-state index < -0.39 is 10.0 Å². The summed E-state index contributed by atoms with van der Waals surface area (Å²) < 4.78 is 26.9. The minimum Gasteiger partial charge on any atom is -0.398 e. The molecule has 1 rings (SSSR count). The van der Waals surface area contributed by atoms with Gasteiger partial charge in [0.05, 0.1) is 11.4 Å². The van der Waals surface area contributed by atoms with Crippen molar-refractivity contribution in [2.75, 3.05) is 25.4 Å². The van der Waals surface area contributed by atoms with Crippen molar-refractivity contribution in [1.29, 1.82) is 0 Å². The Labute approximate surface area is 127 Å². The van der Waals surface area contributed by atoms with Crippen molar-refractivity contribution in [3.8, 4) is 0 Å². The fourth-order valence-corrected chi connectivity index (χ4v) is 3.13. The zero-order valence-corrected chi connectivity index (χ0v) is 13.8. The first-order valence-electron chi connectivity index (χ1n) is 6.14. The first-order chi connectivity index (χ1) is 9.31. The zero-order valence-electron chi connectivity index (χ0n) is 11.4. The number of halogens is 1. The van der Waals surface area contributed by atoms with Crippen LogP contribution in [-0.2, 0) is 14.8 Å². The first kappa shape index (κ1) is 16.9. The highest BCUT2D eigenvalue weighted by Gasteiger charge is 2.18. The van der Waals surface area contributed by atoms with Crippen molar-refractivity contribution < 1.29 is 13.2 Å².